The van der Waals surface area contributed by atoms with Crippen LogP contribution in [0.25, 0.3) is 0 Å². The van der Waals surface area contributed by atoms with Crippen molar-refractivity contribution in [1.82, 2.24) is 10.2 Å². The summed E-state index contributed by atoms with van der Waals surface area (Å²) >= 11 is 1.75. The topological polar surface area (TPSA) is 52.6 Å². The van der Waals surface area contributed by atoms with Crippen LogP contribution >= 0.6 is 11.3 Å². The van der Waals surface area contributed by atoms with Crippen LogP contribution in [0.4, 0.5) is 4.79 Å². The lowest BCUT2D eigenvalue weighted by Crippen LogP contribution is -2.47. The van der Waals surface area contributed by atoms with E-state index in [0.29, 0.717) is 19.0 Å². The summed E-state index contributed by atoms with van der Waals surface area (Å²) in [6.07, 6.45) is 0.474. The van der Waals surface area contributed by atoms with Gasteiger partial charge >= 0.3 is 6.03 Å². The van der Waals surface area contributed by atoms with Gasteiger partial charge < -0.3 is 15.3 Å². The maximum atomic E-state index is 12.1. The fraction of sp³-hybridized carbons (Fsp3) is 0.667. The van der Waals surface area contributed by atoms with Crippen molar-refractivity contribution in [2.75, 3.05) is 13.1 Å². The number of hydrogen-bond acceptors (Lipinski definition) is 3. The summed E-state index contributed by atoms with van der Waals surface area (Å²) < 4.78 is 0. The summed E-state index contributed by atoms with van der Waals surface area (Å²) in [7, 11) is 0. The van der Waals surface area contributed by atoms with Crippen molar-refractivity contribution in [3.8, 4) is 0 Å². The molecule has 0 bridgehead atoms. The normalized spacial score (nSPS) is 14.1. The van der Waals surface area contributed by atoms with E-state index in [2.05, 4.69) is 29.8 Å². The fourth-order valence-corrected chi connectivity index (χ4v) is 2.89. The Balaban J connectivity index is 2.40. The number of carbonyl (C=O) groups excluding carboxylic acids is 1. The van der Waals surface area contributed by atoms with Gasteiger partial charge in [0.25, 0.3) is 0 Å². The van der Waals surface area contributed by atoms with Crippen LogP contribution in [0.1, 0.15) is 32.6 Å². The van der Waals surface area contributed by atoms with Crippen molar-refractivity contribution in [3.05, 3.63) is 22.4 Å². The van der Waals surface area contributed by atoms with E-state index in [1.807, 2.05) is 13.8 Å². The maximum Gasteiger partial charge on any atom is 0.317 e. The third-order valence-electron chi connectivity index (χ3n) is 3.08. The van der Waals surface area contributed by atoms with Crippen molar-refractivity contribution in [2.45, 2.75) is 46.3 Å². The minimum absolute atomic E-state index is 0.0807. The van der Waals surface area contributed by atoms with E-state index in [0.717, 1.165) is 6.42 Å². The number of thiophene rings is 1. The lowest BCUT2D eigenvalue weighted by atomic mass is 10.1. The molecule has 114 valence electrons. The molecule has 2 amide bonds. The van der Waals surface area contributed by atoms with Gasteiger partial charge in [-0.3, -0.25) is 0 Å². The SMILES string of the molecule is CC(O)CN(C(=O)NCC(C)Cc1cccs1)C(C)C. The van der Waals surface area contributed by atoms with Crippen molar-refractivity contribution in [1.29, 1.82) is 0 Å². The molecule has 1 heterocycles. The highest BCUT2D eigenvalue weighted by atomic mass is 32.1. The molecule has 1 aromatic rings. The molecule has 0 saturated carbocycles. The summed E-state index contributed by atoms with van der Waals surface area (Å²) in [5.41, 5.74) is 0. The van der Waals surface area contributed by atoms with Crippen LogP contribution in [0.5, 0.6) is 0 Å². The molecule has 0 aliphatic heterocycles. The van der Waals surface area contributed by atoms with E-state index in [-0.39, 0.29) is 12.1 Å². The third kappa shape index (κ3) is 5.92. The van der Waals surface area contributed by atoms with Crippen molar-refractivity contribution in [2.24, 2.45) is 5.92 Å². The summed E-state index contributed by atoms with van der Waals surface area (Å²) in [5.74, 6) is 0.401. The van der Waals surface area contributed by atoms with Crippen LogP contribution in [-0.4, -0.2) is 41.3 Å². The summed E-state index contributed by atoms with van der Waals surface area (Å²) in [6, 6.07) is 4.15. The predicted molar refractivity (Wildman–Crippen MR) is 84.1 cm³/mol. The van der Waals surface area contributed by atoms with E-state index < -0.39 is 6.10 Å². The first kappa shape index (κ1) is 17.0. The number of nitrogens with one attached hydrogen (secondary N) is 1. The number of hydrogen-bond donors (Lipinski definition) is 2. The molecule has 0 aromatic carbocycles. The molecule has 0 fully saturated rings. The molecule has 2 unspecified atom stereocenters. The molecule has 0 aliphatic carbocycles. The highest BCUT2D eigenvalue weighted by molar-refractivity contribution is 7.09. The number of urea groups is 1. The Bertz CT molecular complexity index is 391. The first-order valence-corrected chi connectivity index (χ1v) is 8.03. The van der Waals surface area contributed by atoms with Crippen LogP contribution in [-0.2, 0) is 6.42 Å². The zero-order valence-corrected chi connectivity index (χ0v) is 13.6. The minimum atomic E-state index is -0.508. The molecule has 0 saturated heterocycles. The van der Waals surface area contributed by atoms with Gasteiger partial charge in [0, 0.05) is 24.0 Å². The van der Waals surface area contributed by atoms with Gasteiger partial charge in [-0.1, -0.05) is 13.0 Å². The Hall–Kier alpha value is -1.07. The smallest absolute Gasteiger partial charge is 0.317 e. The second kappa shape index (κ2) is 8.27. The van der Waals surface area contributed by atoms with Gasteiger partial charge in [-0.15, -0.1) is 11.3 Å². The van der Waals surface area contributed by atoms with Gasteiger partial charge in [0.1, 0.15) is 0 Å². The largest absolute Gasteiger partial charge is 0.392 e. The zero-order valence-electron chi connectivity index (χ0n) is 12.8. The number of amides is 2. The van der Waals surface area contributed by atoms with E-state index >= 15 is 0 Å². The second-order valence-electron chi connectivity index (χ2n) is 5.67. The lowest BCUT2D eigenvalue weighted by molar-refractivity contribution is 0.118. The van der Waals surface area contributed by atoms with Gasteiger partial charge in [0.15, 0.2) is 0 Å². The Morgan fingerprint density at radius 1 is 1.40 bits per heavy atom. The monoisotopic (exact) mass is 298 g/mol. The first-order chi connectivity index (χ1) is 9.40. The second-order valence-corrected chi connectivity index (χ2v) is 6.70. The zero-order chi connectivity index (χ0) is 15.1. The van der Waals surface area contributed by atoms with Gasteiger partial charge in [0.2, 0.25) is 0 Å². The summed E-state index contributed by atoms with van der Waals surface area (Å²) in [4.78, 5) is 15.1. The highest BCUT2D eigenvalue weighted by Gasteiger charge is 2.18. The average Bonchev–Trinajstić information content (AvgIpc) is 2.85. The minimum Gasteiger partial charge on any atom is -0.392 e. The Labute approximate surface area is 125 Å². The summed E-state index contributed by atoms with van der Waals surface area (Å²) in [6.45, 7) is 8.76. The van der Waals surface area contributed by atoms with E-state index in [1.165, 1.54) is 4.88 Å². The lowest BCUT2D eigenvalue weighted by Gasteiger charge is -2.28. The van der Waals surface area contributed by atoms with Gasteiger partial charge in [-0.2, -0.15) is 0 Å². The number of aliphatic hydroxyl groups excluding tert-OH is 1. The molecule has 0 spiro atoms. The molecule has 0 radical (unpaired) electrons. The maximum absolute atomic E-state index is 12.1. The van der Waals surface area contributed by atoms with Crippen molar-refractivity contribution >= 4 is 17.4 Å². The van der Waals surface area contributed by atoms with Gasteiger partial charge in [0.05, 0.1) is 6.10 Å². The standard InChI is InChI=1S/C15H26N2O2S/c1-11(2)17(10-13(4)18)15(19)16-9-12(3)8-14-6-5-7-20-14/h5-7,11-13,18H,8-10H2,1-4H3,(H,16,19). The van der Waals surface area contributed by atoms with Crippen molar-refractivity contribution < 1.29 is 9.90 Å². The van der Waals surface area contributed by atoms with Crippen LogP contribution in [0.2, 0.25) is 0 Å². The van der Waals surface area contributed by atoms with Crippen LogP contribution in [0, 0.1) is 5.92 Å². The van der Waals surface area contributed by atoms with Crippen molar-refractivity contribution in [3.63, 3.8) is 0 Å². The van der Waals surface area contributed by atoms with Gasteiger partial charge in [-0.05, 0) is 44.6 Å². The third-order valence-corrected chi connectivity index (χ3v) is 3.98. The predicted octanol–water partition coefficient (Wildman–Crippen LogP) is 2.73. The Morgan fingerprint density at radius 2 is 2.10 bits per heavy atom. The van der Waals surface area contributed by atoms with E-state index in [1.54, 1.807) is 23.2 Å². The molecule has 0 aliphatic rings. The number of nitrogens with zero attached hydrogens (tertiary/aromatic N) is 1. The number of carbonyl (C=O) groups is 1. The molecule has 20 heavy (non-hydrogen) atoms. The molecule has 5 heteroatoms. The molecule has 2 N–H and O–H groups in total. The fourth-order valence-electron chi connectivity index (χ4n) is 2.02. The Kier molecular flexibility index (Phi) is 7.02. The number of rotatable bonds is 7. The Morgan fingerprint density at radius 3 is 2.60 bits per heavy atom. The quantitative estimate of drug-likeness (QED) is 0.813. The van der Waals surface area contributed by atoms with E-state index in [4.69, 9.17) is 0 Å². The van der Waals surface area contributed by atoms with Crippen LogP contribution in [0.3, 0.4) is 0 Å². The van der Waals surface area contributed by atoms with Gasteiger partial charge in [-0.25, -0.2) is 4.79 Å². The molecular formula is C15H26N2O2S. The van der Waals surface area contributed by atoms with Crippen LogP contribution < -0.4 is 5.32 Å². The molecule has 2 atom stereocenters. The molecule has 4 nitrogen and oxygen atoms in total. The average molecular weight is 298 g/mol. The summed E-state index contributed by atoms with van der Waals surface area (Å²) in [5, 5.41) is 14.5. The molecule has 1 aromatic heterocycles. The van der Waals surface area contributed by atoms with Crippen LogP contribution in [0.15, 0.2) is 17.5 Å². The molecular weight excluding hydrogens is 272 g/mol. The van der Waals surface area contributed by atoms with E-state index in [9.17, 15) is 9.90 Å². The number of aliphatic hydroxyl groups is 1. The first-order valence-electron chi connectivity index (χ1n) is 7.15. The molecule has 1 rings (SSSR count). The highest BCUT2D eigenvalue weighted by Crippen LogP contribution is 2.14.